The Morgan fingerprint density at radius 3 is 2.60 bits per heavy atom. The minimum Gasteiger partial charge on any atom is -0.312 e. The average Bonchev–Trinajstić information content (AvgIpc) is 3.02. The molecule has 3 unspecified atom stereocenters. The van der Waals surface area contributed by atoms with Crippen LogP contribution >= 0.6 is 0 Å². The molecule has 2 fully saturated rings. The fraction of sp³-hybridized carbons (Fsp3) is 1.00. The van der Waals surface area contributed by atoms with E-state index in [4.69, 9.17) is 0 Å². The van der Waals surface area contributed by atoms with Crippen LogP contribution in [0.15, 0.2) is 0 Å². The van der Waals surface area contributed by atoms with E-state index in [0.29, 0.717) is 6.04 Å². The Kier molecular flexibility index (Phi) is 3.68. The van der Waals surface area contributed by atoms with Crippen LogP contribution in [0.2, 0.25) is 0 Å². The molecule has 1 saturated carbocycles. The van der Waals surface area contributed by atoms with Crippen molar-refractivity contribution < 1.29 is 0 Å². The second-order valence-corrected chi connectivity index (χ2v) is 5.76. The fourth-order valence-corrected chi connectivity index (χ4v) is 2.68. The first-order valence-electron chi connectivity index (χ1n) is 6.66. The normalized spacial score (nSPS) is 35.4. The number of rotatable bonds is 4. The molecule has 0 aromatic rings. The molecule has 3 atom stereocenters. The van der Waals surface area contributed by atoms with Gasteiger partial charge in [0, 0.05) is 31.2 Å². The van der Waals surface area contributed by atoms with Gasteiger partial charge in [-0.15, -0.1) is 0 Å². The zero-order valence-electron chi connectivity index (χ0n) is 10.5. The van der Waals surface area contributed by atoms with Crippen molar-refractivity contribution in [3.05, 3.63) is 0 Å². The standard InChI is InChI=1S/C13H26N2/c1-10-4-5-11(2)15(9-10)12(3)8-14-13-6-7-13/h10-14H,4-9H2,1-3H3. The van der Waals surface area contributed by atoms with Gasteiger partial charge in [-0.2, -0.15) is 0 Å². The third-order valence-electron chi connectivity index (χ3n) is 4.01. The first kappa shape index (κ1) is 11.4. The van der Waals surface area contributed by atoms with E-state index in [9.17, 15) is 0 Å². The lowest BCUT2D eigenvalue weighted by atomic mass is 9.93. The summed E-state index contributed by atoms with van der Waals surface area (Å²) in [6.45, 7) is 9.64. The summed E-state index contributed by atoms with van der Waals surface area (Å²) >= 11 is 0. The zero-order chi connectivity index (χ0) is 10.8. The molecule has 2 heteroatoms. The van der Waals surface area contributed by atoms with Crippen LogP contribution in [0.4, 0.5) is 0 Å². The Morgan fingerprint density at radius 1 is 1.20 bits per heavy atom. The highest BCUT2D eigenvalue weighted by atomic mass is 15.2. The van der Waals surface area contributed by atoms with Crippen molar-refractivity contribution >= 4 is 0 Å². The summed E-state index contributed by atoms with van der Waals surface area (Å²) in [6, 6.07) is 2.35. The minimum atomic E-state index is 0.711. The Balaban J connectivity index is 1.77. The van der Waals surface area contributed by atoms with E-state index in [1.807, 2.05) is 0 Å². The number of likely N-dealkylation sites (tertiary alicyclic amines) is 1. The molecule has 0 aromatic heterocycles. The first-order chi connectivity index (χ1) is 7.16. The van der Waals surface area contributed by atoms with Crippen molar-refractivity contribution in [3.8, 4) is 0 Å². The SMILES string of the molecule is CC1CCC(C)N(C(C)CNC2CC2)C1. The number of hydrogen-bond donors (Lipinski definition) is 1. The highest BCUT2D eigenvalue weighted by Crippen LogP contribution is 2.24. The Hall–Kier alpha value is -0.0800. The summed E-state index contributed by atoms with van der Waals surface area (Å²) in [5.41, 5.74) is 0. The second kappa shape index (κ2) is 4.84. The van der Waals surface area contributed by atoms with Crippen molar-refractivity contribution in [1.82, 2.24) is 10.2 Å². The van der Waals surface area contributed by atoms with Crippen molar-refractivity contribution in [1.29, 1.82) is 0 Å². The van der Waals surface area contributed by atoms with Gasteiger partial charge < -0.3 is 5.32 Å². The highest BCUT2D eigenvalue weighted by molar-refractivity contribution is 4.86. The third-order valence-corrected chi connectivity index (χ3v) is 4.01. The maximum absolute atomic E-state index is 3.65. The monoisotopic (exact) mass is 210 g/mol. The smallest absolute Gasteiger partial charge is 0.0195 e. The van der Waals surface area contributed by atoms with Crippen LogP contribution in [0, 0.1) is 5.92 Å². The molecular formula is C13H26N2. The van der Waals surface area contributed by atoms with Crippen molar-refractivity contribution in [2.24, 2.45) is 5.92 Å². The molecule has 0 bridgehead atoms. The van der Waals surface area contributed by atoms with Crippen LogP contribution in [0.3, 0.4) is 0 Å². The quantitative estimate of drug-likeness (QED) is 0.765. The van der Waals surface area contributed by atoms with Crippen LogP contribution in [-0.4, -0.2) is 36.1 Å². The molecule has 1 saturated heterocycles. The van der Waals surface area contributed by atoms with Crippen LogP contribution in [0.5, 0.6) is 0 Å². The molecule has 1 aliphatic carbocycles. The van der Waals surface area contributed by atoms with Gasteiger partial charge in [0.25, 0.3) is 0 Å². The molecule has 0 amide bonds. The van der Waals surface area contributed by atoms with Crippen LogP contribution in [-0.2, 0) is 0 Å². The Bertz CT molecular complexity index is 201. The molecule has 1 heterocycles. The lowest BCUT2D eigenvalue weighted by molar-refractivity contribution is 0.0839. The maximum Gasteiger partial charge on any atom is 0.0195 e. The lowest BCUT2D eigenvalue weighted by Gasteiger charge is -2.41. The molecular weight excluding hydrogens is 184 g/mol. The summed E-state index contributed by atoms with van der Waals surface area (Å²) in [6.07, 6.45) is 5.60. The molecule has 88 valence electrons. The average molecular weight is 210 g/mol. The molecule has 2 nitrogen and oxygen atoms in total. The third kappa shape index (κ3) is 3.18. The van der Waals surface area contributed by atoms with Crippen molar-refractivity contribution in [2.75, 3.05) is 13.1 Å². The van der Waals surface area contributed by atoms with Gasteiger partial charge in [0.05, 0.1) is 0 Å². The molecule has 0 aromatic carbocycles. The van der Waals surface area contributed by atoms with Crippen molar-refractivity contribution in [2.45, 2.75) is 64.6 Å². The predicted octanol–water partition coefficient (Wildman–Crippen LogP) is 2.25. The Morgan fingerprint density at radius 2 is 1.93 bits per heavy atom. The van der Waals surface area contributed by atoms with E-state index in [0.717, 1.165) is 18.0 Å². The molecule has 0 radical (unpaired) electrons. The molecule has 2 aliphatic rings. The summed E-state index contributed by atoms with van der Waals surface area (Å²) in [5, 5.41) is 3.65. The summed E-state index contributed by atoms with van der Waals surface area (Å²) < 4.78 is 0. The predicted molar refractivity (Wildman–Crippen MR) is 65.1 cm³/mol. The van der Waals surface area contributed by atoms with Gasteiger partial charge in [-0.1, -0.05) is 6.92 Å². The van der Waals surface area contributed by atoms with E-state index in [1.165, 1.54) is 38.8 Å². The van der Waals surface area contributed by atoms with E-state index in [-0.39, 0.29) is 0 Å². The maximum atomic E-state index is 3.65. The first-order valence-corrected chi connectivity index (χ1v) is 6.66. The van der Waals surface area contributed by atoms with E-state index in [2.05, 4.69) is 31.0 Å². The van der Waals surface area contributed by atoms with E-state index < -0.39 is 0 Å². The van der Waals surface area contributed by atoms with Crippen LogP contribution in [0.1, 0.15) is 46.5 Å². The van der Waals surface area contributed by atoms with Gasteiger partial charge in [0.1, 0.15) is 0 Å². The number of nitrogens with zero attached hydrogens (tertiary/aromatic N) is 1. The molecule has 1 N–H and O–H groups in total. The topological polar surface area (TPSA) is 15.3 Å². The molecule has 15 heavy (non-hydrogen) atoms. The second-order valence-electron chi connectivity index (χ2n) is 5.76. The Labute approximate surface area is 94.4 Å². The lowest BCUT2D eigenvalue weighted by Crippen LogP contribution is -2.49. The number of piperidine rings is 1. The summed E-state index contributed by atoms with van der Waals surface area (Å²) in [7, 11) is 0. The van der Waals surface area contributed by atoms with Crippen LogP contribution < -0.4 is 5.32 Å². The number of nitrogens with one attached hydrogen (secondary N) is 1. The molecule has 0 spiro atoms. The minimum absolute atomic E-state index is 0.711. The van der Waals surface area contributed by atoms with Gasteiger partial charge in [-0.05, 0) is 45.4 Å². The number of hydrogen-bond acceptors (Lipinski definition) is 2. The van der Waals surface area contributed by atoms with Gasteiger partial charge in [-0.25, -0.2) is 0 Å². The summed E-state index contributed by atoms with van der Waals surface area (Å²) in [5.74, 6) is 0.893. The van der Waals surface area contributed by atoms with Crippen molar-refractivity contribution in [3.63, 3.8) is 0 Å². The largest absolute Gasteiger partial charge is 0.312 e. The highest BCUT2D eigenvalue weighted by Gasteiger charge is 2.28. The van der Waals surface area contributed by atoms with Gasteiger partial charge in [0.15, 0.2) is 0 Å². The van der Waals surface area contributed by atoms with E-state index >= 15 is 0 Å². The van der Waals surface area contributed by atoms with Gasteiger partial charge >= 0.3 is 0 Å². The van der Waals surface area contributed by atoms with Crippen LogP contribution in [0.25, 0.3) is 0 Å². The fourth-order valence-electron chi connectivity index (χ4n) is 2.68. The molecule has 1 aliphatic heterocycles. The summed E-state index contributed by atoms with van der Waals surface area (Å²) in [4.78, 5) is 2.70. The van der Waals surface area contributed by atoms with E-state index in [1.54, 1.807) is 0 Å². The zero-order valence-corrected chi connectivity index (χ0v) is 10.5. The molecule has 2 rings (SSSR count). The van der Waals surface area contributed by atoms with Gasteiger partial charge in [0.2, 0.25) is 0 Å². The van der Waals surface area contributed by atoms with Gasteiger partial charge in [-0.3, -0.25) is 4.90 Å².